The van der Waals surface area contributed by atoms with E-state index < -0.39 is 5.79 Å². The largest absolute Gasteiger partial charge is 0.347 e. The molecule has 2 unspecified atom stereocenters. The second-order valence-corrected chi connectivity index (χ2v) is 2.90. The van der Waals surface area contributed by atoms with Crippen LogP contribution in [-0.4, -0.2) is 31.6 Å². The predicted molar refractivity (Wildman–Crippen MR) is 35.7 cm³/mol. The highest BCUT2D eigenvalue weighted by Crippen LogP contribution is 2.31. The molecule has 2 atom stereocenters. The average molecular weight is 160 g/mol. The lowest BCUT2D eigenvalue weighted by Crippen LogP contribution is -2.34. The van der Waals surface area contributed by atoms with Crippen molar-refractivity contribution < 1.29 is 18.9 Å². The molecule has 1 spiro atoms. The van der Waals surface area contributed by atoms with Crippen molar-refractivity contribution in [3.63, 3.8) is 0 Å². The lowest BCUT2D eigenvalue weighted by Gasteiger charge is -2.17. The lowest BCUT2D eigenvalue weighted by atomic mass is 10.3. The van der Waals surface area contributed by atoms with Crippen molar-refractivity contribution in [1.29, 1.82) is 0 Å². The second kappa shape index (κ2) is 2.42. The van der Waals surface area contributed by atoms with Gasteiger partial charge in [-0.05, 0) is 13.8 Å². The standard InChI is InChI=1S/C7H12O4/c1-5-8-3-7(10-5)4-9-6(2)11-7/h5-6H,3-4H2,1-2H3. The van der Waals surface area contributed by atoms with Crippen LogP contribution < -0.4 is 0 Å². The summed E-state index contributed by atoms with van der Waals surface area (Å²) in [6, 6.07) is 0. The summed E-state index contributed by atoms with van der Waals surface area (Å²) in [7, 11) is 0. The molecule has 4 heteroatoms. The third-order valence-corrected chi connectivity index (χ3v) is 1.84. The van der Waals surface area contributed by atoms with E-state index in [1.807, 2.05) is 13.8 Å². The molecule has 0 bridgehead atoms. The molecule has 2 fully saturated rings. The highest BCUT2D eigenvalue weighted by molar-refractivity contribution is 4.78. The molecule has 0 amide bonds. The molecule has 2 heterocycles. The monoisotopic (exact) mass is 160 g/mol. The van der Waals surface area contributed by atoms with Crippen LogP contribution in [0.15, 0.2) is 0 Å². The average Bonchev–Trinajstić information content (AvgIpc) is 2.44. The summed E-state index contributed by atoms with van der Waals surface area (Å²) >= 11 is 0. The van der Waals surface area contributed by atoms with Gasteiger partial charge in [0.1, 0.15) is 13.2 Å². The van der Waals surface area contributed by atoms with Crippen LogP contribution in [0.4, 0.5) is 0 Å². The molecule has 2 saturated heterocycles. The van der Waals surface area contributed by atoms with E-state index in [1.54, 1.807) is 0 Å². The van der Waals surface area contributed by atoms with Gasteiger partial charge in [0.15, 0.2) is 12.6 Å². The SMILES string of the molecule is CC1OCC2(COC(C)O2)O1. The fourth-order valence-electron chi connectivity index (χ4n) is 1.37. The van der Waals surface area contributed by atoms with Gasteiger partial charge in [-0.25, -0.2) is 0 Å². The first-order valence-electron chi connectivity index (χ1n) is 3.79. The normalized spacial score (nSPS) is 50.7. The van der Waals surface area contributed by atoms with E-state index in [9.17, 15) is 0 Å². The zero-order valence-electron chi connectivity index (χ0n) is 6.70. The first-order chi connectivity index (χ1) is 5.20. The van der Waals surface area contributed by atoms with Crippen LogP contribution in [0.3, 0.4) is 0 Å². The van der Waals surface area contributed by atoms with Crippen molar-refractivity contribution in [3.8, 4) is 0 Å². The molecular weight excluding hydrogens is 148 g/mol. The molecule has 0 aromatic heterocycles. The van der Waals surface area contributed by atoms with E-state index in [-0.39, 0.29) is 12.6 Å². The summed E-state index contributed by atoms with van der Waals surface area (Å²) in [6.45, 7) is 4.64. The topological polar surface area (TPSA) is 36.9 Å². The van der Waals surface area contributed by atoms with Crippen molar-refractivity contribution in [2.75, 3.05) is 13.2 Å². The molecule has 0 aliphatic carbocycles. The molecule has 0 radical (unpaired) electrons. The number of hydrogen-bond acceptors (Lipinski definition) is 4. The summed E-state index contributed by atoms with van der Waals surface area (Å²) in [4.78, 5) is 0. The van der Waals surface area contributed by atoms with Gasteiger partial charge in [-0.15, -0.1) is 0 Å². The lowest BCUT2D eigenvalue weighted by molar-refractivity contribution is -0.205. The minimum Gasteiger partial charge on any atom is -0.347 e. The Bertz CT molecular complexity index is 141. The van der Waals surface area contributed by atoms with Gasteiger partial charge in [-0.1, -0.05) is 0 Å². The highest BCUT2D eigenvalue weighted by Gasteiger charge is 2.47. The third kappa shape index (κ3) is 1.27. The number of ether oxygens (including phenoxy) is 4. The molecule has 2 rings (SSSR count). The maximum absolute atomic E-state index is 5.41. The van der Waals surface area contributed by atoms with Gasteiger partial charge < -0.3 is 18.9 Å². The quantitative estimate of drug-likeness (QED) is 0.516. The van der Waals surface area contributed by atoms with Crippen LogP contribution in [0.2, 0.25) is 0 Å². The van der Waals surface area contributed by atoms with Crippen LogP contribution in [0.25, 0.3) is 0 Å². The molecule has 2 aliphatic rings. The van der Waals surface area contributed by atoms with Crippen LogP contribution in [0.5, 0.6) is 0 Å². The van der Waals surface area contributed by atoms with Crippen molar-refractivity contribution in [2.45, 2.75) is 32.2 Å². The van der Waals surface area contributed by atoms with Crippen LogP contribution >= 0.6 is 0 Å². The highest BCUT2D eigenvalue weighted by atomic mass is 16.9. The Balaban J connectivity index is 2.02. The Morgan fingerprint density at radius 3 is 1.73 bits per heavy atom. The molecule has 4 nitrogen and oxygen atoms in total. The van der Waals surface area contributed by atoms with E-state index >= 15 is 0 Å². The van der Waals surface area contributed by atoms with Crippen molar-refractivity contribution in [2.24, 2.45) is 0 Å². The second-order valence-electron chi connectivity index (χ2n) is 2.90. The van der Waals surface area contributed by atoms with E-state index in [1.165, 1.54) is 0 Å². The van der Waals surface area contributed by atoms with Crippen molar-refractivity contribution in [1.82, 2.24) is 0 Å². The van der Waals surface area contributed by atoms with E-state index in [2.05, 4.69) is 0 Å². The molecule has 0 aromatic rings. The van der Waals surface area contributed by atoms with E-state index in [0.29, 0.717) is 13.2 Å². The first-order valence-corrected chi connectivity index (χ1v) is 3.79. The van der Waals surface area contributed by atoms with Gasteiger partial charge in [0.25, 0.3) is 0 Å². The Labute approximate surface area is 65.4 Å². The van der Waals surface area contributed by atoms with Gasteiger partial charge in [-0.2, -0.15) is 0 Å². The molecule has 2 aliphatic heterocycles. The predicted octanol–water partition coefficient (Wildman–Crippen LogP) is 0.468. The van der Waals surface area contributed by atoms with Crippen molar-refractivity contribution in [3.05, 3.63) is 0 Å². The Morgan fingerprint density at radius 1 is 1.00 bits per heavy atom. The molecule has 0 aromatic carbocycles. The zero-order chi connectivity index (χ0) is 7.90. The van der Waals surface area contributed by atoms with Crippen molar-refractivity contribution >= 4 is 0 Å². The maximum atomic E-state index is 5.41. The Morgan fingerprint density at radius 2 is 1.45 bits per heavy atom. The minimum atomic E-state index is -0.612. The molecule has 0 saturated carbocycles. The maximum Gasteiger partial charge on any atom is 0.220 e. The summed E-state index contributed by atoms with van der Waals surface area (Å²) in [6.07, 6.45) is -0.354. The minimum absolute atomic E-state index is 0.177. The van der Waals surface area contributed by atoms with Crippen LogP contribution in [0, 0.1) is 0 Å². The summed E-state index contributed by atoms with van der Waals surface area (Å²) in [5.74, 6) is -0.612. The molecule has 0 N–H and O–H groups in total. The Kier molecular flexibility index (Phi) is 1.64. The van der Waals surface area contributed by atoms with Crippen LogP contribution in [0.1, 0.15) is 13.8 Å². The van der Waals surface area contributed by atoms with Gasteiger partial charge in [0.2, 0.25) is 5.79 Å². The molecule has 64 valence electrons. The number of hydrogen-bond donors (Lipinski definition) is 0. The summed E-state index contributed by atoms with van der Waals surface area (Å²) in [5, 5.41) is 0. The van der Waals surface area contributed by atoms with E-state index in [4.69, 9.17) is 18.9 Å². The summed E-state index contributed by atoms with van der Waals surface area (Å²) in [5.41, 5.74) is 0. The molecule has 11 heavy (non-hydrogen) atoms. The van der Waals surface area contributed by atoms with Gasteiger partial charge in [0, 0.05) is 0 Å². The Hall–Kier alpha value is -0.160. The fourth-order valence-corrected chi connectivity index (χ4v) is 1.37. The van der Waals surface area contributed by atoms with Crippen LogP contribution in [-0.2, 0) is 18.9 Å². The van der Waals surface area contributed by atoms with E-state index in [0.717, 1.165) is 0 Å². The fraction of sp³-hybridized carbons (Fsp3) is 1.00. The van der Waals surface area contributed by atoms with Gasteiger partial charge in [-0.3, -0.25) is 0 Å². The third-order valence-electron chi connectivity index (χ3n) is 1.84. The molecular formula is C7H12O4. The first kappa shape index (κ1) is 7.49. The smallest absolute Gasteiger partial charge is 0.220 e. The number of rotatable bonds is 0. The zero-order valence-corrected chi connectivity index (χ0v) is 6.70. The summed E-state index contributed by atoms with van der Waals surface area (Å²) < 4.78 is 21.2. The van der Waals surface area contributed by atoms with Gasteiger partial charge >= 0.3 is 0 Å². The van der Waals surface area contributed by atoms with Gasteiger partial charge in [0.05, 0.1) is 0 Å².